The van der Waals surface area contributed by atoms with E-state index < -0.39 is 21.4 Å². The van der Waals surface area contributed by atoms with Crippen molar-refractivity contribution in [2.45, 2.75) is 17.6 Å². The number of hydrogen-bond acceptors (Lipinski definition) is 6. The molecular formula is C22H16BrClN2O4S2. The fourth-order valence-corrected chi connectivity index (χ4v) is 6.53. The zero-order valence-electron chi connectivity index (χ0n) is 16.7. The molecule has 4 aromatic rings. The first-order chi connectivity index (χ1) is 15.1. The summed E-state index contributed by atoms with van der Waals surface area (Å²) in [6.07, 6.45) is -0.0323. The summed E-state index contributed by atoms with van der Waals surface area (Å²) in [5, 5.41) is 0.489. The minimum absolute atomic E-state index is 0.0323. The lowest BCUT2D eigenvalue weighted by Gasteiger charge is -2.12. The Balaban J connectivity index is 1.56. The van der Waals surface area contributed by atoms with E-state index in [9.17, 15) is 18.0 Å². The molecule has 0 saturated heterocycles. The van der Waals surface area contributed by atoms with Crippen LogP contribution in [0.15, 0.2) is 68.1 Å². The molecule has 0 fully saturated rings. The molecular weight excluding hydrogens is 536 g/mol. The summed E-state index contributed by atoms with van der Waals surface area (Å²) in [7, 11) is -3.72. The lowest BCUT2D eigenvalue weighted by atomic mass is 10.1. The Morgan fingerprint density at radius 1 is 1.12 bits per heavy atom. The molecule has 10 heteroatoms. The number of carbonyl (C=O) groups excluding carboxylic acids is 1. The first-order valence-electron chi connectivity index (χ1n) is 9.42. The number of aromatic nitrogens is 2. The summed E-state index contributed by atoms with van der Waals surface area (Å²) in [5.74, 6) is -0.477. The van der Waals surface area contributed by atoms with Crippen LogP contribution in [0.4, 0.5) is 0 Å². The molecule has 32 heavy (non-hydrogen) atoms. The topological polar surface area (TPSA) is 86.1 Å². The van der Waals surface area contributed by atoms with E-state index in [0.717, 1.165) is 15.8 Å². The SMILES string of the molecule is Cc1nc2ccc(Br)cc2c(=O)n1-c1ccc(CC(=O)CS(=O)(=O)c2ccc(Cl)s2)cc1. The molecule has 0 radical (unpaired) electrons. The average molecular weight is 552 g/mol. The number of aryl methyl sites for hydroxylation is 1. The fourth-order valence-electron chi connectivity index (χ4n) is 3.36. The third kappa shape index (κ3) is 4.71. The molecule has 0 aliphatic carbocycles. The van der Waals surface area contributed by atoms with E-state index in [1.807, 2.05) is 6.07 Å². The van der Waals surface area contributed by atoms with Gasteiger partial charge in [-0.15, -0.1) is 11.3 Å². The Morgan fingerprint density at radius 2 is 1.84 bits per heavy atom. The fraction of sp³-hybridized carbons (Fsp3) is 0.136. The van der Waals surface area contributed by atoms with Crippen LogP contribution >= 0.6 is 38.9 Å². The molecule has 0 amide bonds. The van der Waals surface area contributed by atoms with Gasteiger partial charge in [0.1, 0.15) is 15.8 Å². The van der Waals surface area contributed by atoms with Gasteiger partial charge in [-0.05, 0) is 55.0 Å². The summed E-state index contributed by atoms with van der Waals surface area (Å²) >= 11 is 10.1. The number of thiophene rings is 1. The Hall–Kier alpha value is -2.33. The standard InChI is InChI=1S/C22H16BrClN2O4S2/c1-13-25-19-7-4-15(23)11-18(19)22(28)26(13)16-5-2-14(3-6-16)10-17(27)12-32(29,30)21-9-8-20(24)31-21/h2-9,11H,10,12H2,1H3. The first-order valence-corrected chi connectivity index (χ1v) is 13.1. The van der Waals surface area contributed by atoms with Crippen LogP contribution in [0.5, 0.6) is 0 Å². The molecule has 0 atom stereocenters. The molecule has 0 bridgehead atoms. The van der Waals surface area contributed by atoms with Crippen LogP contribution in [0.3, 0.4) is 0 Å². The van der Waals surface area contributed by atoms with E-state index in [1.54, 1.807) is 43.3 Å². The molecule has 0 unspecified atom stereocenters. The maximum Gasteiger partial charge on any atom is 0.265 e. The molecule has 4 rings (SSSR count). The van der Waals surface area contributed by atoms with Crippen molar-refractivity contribution in [1.29, 1.82) is 0 Å². The Kier molecular flexibility index (Phi) is 6.35. The monoisotopic (exact) mass is 550 g/mol. The third-order valence-corrected chi connectivity index (χ3v) is 8.78. The van der Waals surface area contributed by atoms with Crippen LogP contribution in [-0.4, -0.2) is 29.5 Å². The lowest BCUT2D eigenvalue weighted by molar-refractivity contribution is -0.116. The summed E-state index contributed by atoms with van der Waals surface area (Å²) < 4.78 is 27.5. The molecule has 0 aliphatic rings. The minimum atomic E-state index is -3.72. The van der Waals surface area contributed by atoms with E-state index in [0.29, 0.717) is 32.3 Å². The van der Waals surface area contributed by atoms with Gasteiger partial charge >= 0.3 is 0 Å². The first kappa shape index (κ1) is 22.8. The summed E-state index contributed by atoms with van der Waals surface area (Å²) in [6.45, 7) is 1.75. The van der Waals surface area contributed by atoms with Crippen molar-refractivity contribution in [3.63, 3.8) is 0 Å². The second kappa shape index (κ2) is 8.90. The number of hydrogen-bond donors (Lipinski definition) is 0. The maximum absolute atomic E-state index is 13.0. The van der Waals surface area contributed by atoms with Gasteiger partial charge in [-0.3, -0.25) is 14.2 Å². The van der Waals surface area contributed by atoms with Gasteiger partial charge in [0.05, 0.1) is 20.9 Å². The molecule has 2 aromatic carbocycles. The van der Waals surface area contributed by atoms with Gasteiger partial charge < -0.3 is 0 Å². The van der Waals surface area contributed by atoms with Gasteiger partial charge in [0.25, 0.3) is 5.56 Å². The van der Waals surface area contributed by atoms with E-state index in [1.165, 1.54) is 16.7 Å². The van der Waals surface area contributed by atoms with Crippen molar-refractivity contribution < 1.29 is 13.2 Å². The quantitative estimate of drug-likeness (QED) is 0.345. The van der Waals surface area contributed by atoms with E-state index >= 15 is 0 Å². The van der Waals surface area contributed by atoms with Crippen molar-refractivity contribution in [3.8, 4) is 5.69 Å². The largest absolute Gasteiger partial charge is 0.298 e. The zero-order chi connectivity index (χ0) is 23.0. The number of Topliss-reactive ketones (excluding diaryl/α,β-unsaturated/α-hetero) is 1. The Morgan fingerprint density at radius 3 is 2.50 bits per heavy atom. The van der Waals surface area contributed by atoms with Gasteiger partial charge in [-0.2, -0.15) is 0 Å². The normalized spacial score (nSPS) is 11.7. The molecule has 2 aromatic heterocycles. The van der Waals surface area contributed by atoms with Crippen molar-refractivity contribution in [1.82, 2.24) is 9.55 Å². The smallest absolute Gasteiger partial charge is 0.265 e. The Labute approximate surface area is 201 Å². The van der Waals surface area contributed by atoms with Crippen LogP contribution in [0.2, 0.25) is 4.34 Å². The number of sulfone groups is 1. The number of ketones is 1. The number of fused-ring (bicyclic) bond motifs is 1. The molecule has 6 nitrogen and oxygen atoms in total. The highest BCUT2D eigenvalue weighted by atomic mass is 79.9. The van der Waals surface area contributed by atoms with Crippen LogP contribution in [0.1, 0.15) is 11.4 Å². The predicted molar refractivity (Wildman–Crippen MR) is 130 cm³/mol. The second-order valence-electron chi connectivity index (χ2n) is 7.16. The number of rotatable bonds is 6. The van der Waals surface area contributed by atoms with Gasteiger partial charge in [-0.1, -0.05) is 39.7 Å². The average Bonchev–Trinajstić information content (AvgIpc) is 3.17. The van der Waals surface area contributed by atoms with Crippen LogP contribution in [0, 0.1) is 6.92 Å². The van der Waals surface area contributed by atoms with Crippen LogP contribution < -0.4 is 5.56 Å². The van der Waals surface area contributed by atoms with E-state index in [4.69, 9.17) is 11.6 Å². The highest BCUT2D eigenvalue weighted by Gasteiger charge is 2.21. The molecule has 0 saturated carbocycles. The molecule has 0 aliphatic heterocycles. The lowest BCUT2D eigenvalue weighted by Crippen LogP contribution is -2.22. The van der Waals surface area contributed by atoms with Gasteiger partial charge in [0.2, 0.25) is 0 Å². The molecule has 164 valence electrons. The molecule has 0 spiro atoms. The Bertz CT molecular complexity index is 1510. The van der Waals surface area contributed by atoms with Gasteiger partial charge in [0, 0.05) is 10.9 Å². The van der Waals surface area contributed by atoms with Crippen LogP contribution in [0.25, 0.3) is 16.6 Å². The summed E-state index contributed by atoms with van der Waals surface area (Å²) in [5.41, 5.74) is 1.68. The number of nitrogens with zero attached hydrogens (tertiary/aromatic N) is 2. The van der Waals surface area contributed by atoms with E-state index in [-0.39, 0.29) is 16.2 Å². The van der Waals surface area contributed by atoms with Gasteiger partial charge in [-0.25, -0.2) is 13.4 Å². The summed E-state index contributed by atoms with van der Waals surface area (Å²) in [4.78, 5) is 29.9. The molecule has 0 N–H and O–H groups in total. The number of halogens is 2. The molecule has 2 heterocycles. The highest BCUT2D eigenvalue weighted by Crippen LogP contribution is 2.26. The van der Waals surface area contributed by atoms with Crippen molar-refractivity contribution in [3.05, 3.63) is 85.1 Å². The number of benzene rings is 2. The third-order valence-electron chi connectivity index (χ3n) is 4.80. The number of carbonyl (C=O) groups is 1. The van der Waals surface area contributed by atoms with Crippen molar-refractivity contribution >= 4 is 65.4 Å². The van der Waals surface area contributed by atoms with Gasteiger partial charge in [0.15, 0.2) is 15.6 Å². The highest BCUT2D eigenvalue weighted by molar-refractivity contribution is 9.10. The van der Waals surface area contributed by atoms with Crippen LogP contribution in [-0.2, 0) is 21.1 Å². The van der Waals surface area contributed by atoms with Crippen molar-refractivity contribution in [2.24, 2.45) is 0 Å². The second-order valence-corrected chi connectivity index (χ2v) is 12.0. The minimum Gasteiger partial charge on any atom is -0.298 e. The zero-order valence-corrected chi connectivity index (χ0v) is 20.7. The van der Waals surface area contributed by atoms with Crippen molar-refractivity contribution in [2.75, 3.05) is 5.75 Å². The summed E-state index contributed by atoms with van der Waals surface area (Å²) in [6, 6.07) is 15.1. The van der Waals surface area contributed by atoms with E-state index in [2.05, 4.69) is 20.9 Å². The predicted octanol–water partition coefficient (Wildman–Crippen LogP) is 4.76. The maximum atomic E-state index is 13.0.